The van der Waals surface area contributed by atoms with Crippen molar-refractivity contribution in [1.29, 1.82) is 0 Å². The van der Waals surface area contributed by atoms with Gasteiger partial charge in [-0.3, -0.25) is 0 Å². The quantitative estimate of drug-likeness (QED) is 0.847. The van der Waals surface area contributed by atoms with Crippen LogP contribution in [0.25, 0.3) is 11.3 Å². The van der Waals surface area contributed by atoms with Gasteiger partial charge in [-0.25, -0.2) is 4.98 Å². The van der Waals surface area contributed by atoms with Crippen LogP contribution in [-0.4, -0.2) is 20.8 Å². The summed E-state index contributed by atoms with van der Waals surface area (Å²) in [7, 11) is 0. The molecule has 1 N–H and O–H groups in total. The fraction of sp³-hybridized carbons (Fsp3) is 0.438. The Hall–Kier alpha value is -1.61. The van der Waals surface area contributed by atoms with Gasteiger partial charge >= 0.3 is 0 Å². The number of aromatic nitrogens is 2. The zero-order valence-corrected chi connectivity index (χ0v) is 10.7. The summed E-state index contributed by atoms with van der Waals surface area (Å²) in [5.41, 5.74) is 4.30. The van der Waals surface area contributed by atoms with Crippen molar-refractivity contribution < 1.29 is 5.11 Å². The molecule has 2 aliphatic carbocycles. The summed E-state index contributed by atoms with van der Waals surface area (Å²) in [6.45, 7) is 0. The Morgan fingerprint density at radius 1 is 1.26 bits per heavy atom. The Morgan fingerprint density at radius 2 is 2.11 bits per heavy atom. The lowest BCUT2D eigenvalue weighted by molar-refractivity contribution is -0.0677. The molecule has 3 heteroatoms. The van der Waals surface area contributed by atoms with Crippen molar-refractivity contribution in [1.82, 2.24) is 9.55 Å². The number of hydrogen-bond acceptors (Lipinski definition) is 2. The van der Waals surface area contributed by atoms with Crippen LogP contribution in [0.15, 0.2) is 36.8 Å². The molecule has 0 radical (unpaired) electrons. The summed E-state index contributed by atoms with van der Waals surface area (Å²) in [6, 6.07) is 8.88. The molecule has 0 bridgehead atoms. The topological polar surface area (TPSA) is 38.1 Å². The van der Waals surface area contributed by atoms with Crippen LogP contribution in [0.3, 0.4) is 0 Å². The van der Waals surface area contributed by atoms with E-state index in [2.05, 4.69) is 33.8 Å². The van der Waals surface area contributed by atoms with Crippen molar-refractivity contribution in [3.05, 3.63) is 42.4 Å². The molecular formula is C16H16N2O. The largest absolute Gasteiger partial charge is 0.393 e. The summed E-state index contributed by atoms with van der Waals surface area (Å²) >= 11 is 0. The number of rotatable bonds is 1. The number of fused-ring (bicyclic) bond motifs is 3. The smallest absolute Gasteiger partial charge is 0.0956 e. The maximum Gasteiger partial charge on any atom is 0.0956 e. The molecule has 1 aromatic heterocycles. The number of imidazole rings is 1. The molecule has 0 unspecified atom stereocenters. The van der Waals surface area contributed by atoms with E-state index in [4.69, 9.17) is 0 Å². The third-order valence-corrected chi connectivity index (χ3v) is 5.49. The molecule has 2 heterocycles. The van der Waals surface area contributed by atoms with E-state index in [0.29, 0.717) is 17.4 Å². The molecule has 0 saturated heterocycles. The van der Waals surface area contributed by atoms with Crippen LogP contribution < -0.4 is 0 Å². The number of aliphatic hydroxyl groups is 1. The van der Waals surface area contributed by atoms with Crippen molar-refractivity contribution in [2.24, 2.45) is 11.3 Å². The predicted molar refractivity (Wildman–Crippen MR) is 71.6 cm³/mol. The third-order valence-electron chi connectivity index (χ3n) is 5.49. The van der Waals surface area contributed by atoms with Gasteiger partial charge in [0.15, 0.2) is 0 Å². The van der Waals surface area contributed by atoms with E-state index in [-0.39, 0.29) is 6.10 Å². The molecule has 1 spiro atoms. The summed E-state index contributed by atoms with van der Waals surface area (Å²) < 4.78 is 2.28. The zero-order chi connectivity index (χ0) is 12.6. The van der Waals surface area contributed by atoms with Gasteiger partial charge in [0.1, 0.15) is 0 Å². The van der Waals surface area contributed by atoms with Gasteiger partial charge in [-0.05, 0) is 30.2 Å². The highest BCUT2D eigenvalue weighted by Gasteiger charge is 2.64. The lowest BCUT2D eigenvalue weighted by Gasteiger charge is -2.46. The summed E-state index contributed by atoms with van der Waals surface area (Å²) in [4.78, 5) is 4.31. The second kappa shape index (κ2) is 3.10. The minimum atomic E-state index is -0.145. The molecule has 1 aliphatic heterocycles. The minimum Gasteiger partial charge on any atom is -0.393 e. The zero-order valence-electron chi connectivity index (χ0n) is 10.7. The average Bonchev–Trinajstić information content (AvgIpc) is 2.97. The molecule has 2 aromatic rings. The van der Waals surface area contributed by atoms with E-state index in [1.165, 1.54) is 29.7 Å². The van der Waals surface area contributed by atoms with Crippen LogP contribution in [0.2, 0.25) is 0 Å². The fourth-order valence-corrected chi connectivity index (χ4v) is 4.41. The lowest BCUT2D eigenvalue weighted by atomic mass is 9.63. The minimum absolute atomic E-state index is 0.145. The van der Waals surface area contributed by atoms with Crippen LogP contribution in [0.4, 0.5) is 0 Å². The van der Waals surface area contributed by atoms with E-state index < -0.39 is 0 Å². The van der Waals surface area contributed by atoms with Gasteiger partial charge in [0.05, 0.1) is 30.4 Å². The summed E-state index contributed by atoms with van der Waals surface area (Å²) in [6.07, 6.45) is 7.31. The van der Waals surface area contributed by atoms with Crippen molar-refractivity contribution in [2.45, 2.75) is 31.4 Å². The van der Waals surface area contributed by atoms with E-state index in [0.717, 1.165) is 6.42 Å². The highest BCUT2D eigenvalue weighted by atomic mass is 16.3. The molecular weight excluding hydrogens is 236 g/mol. The number of aliphatic hydroxyl groups excluding tert-OH is 1. The normalized spacial score (nSPS) is 32.8. The van der Waals surface area contributed by atoms with E-state index in [1.807, 2.05) is 12.5 Å². The Morgan fingerprint density at radius 3 is 2.89 bits per heavy atom. The Kier molecular flexibility index (Phi) is 1.67. The van der Waals surface area contributed by atoms with Gasteiger partial charge in [-0.15, -0.1) is 0 Å². The first kappa shape index (κ1) is 10.2. The number of hydrogen-bond donors (Lipinski definition) is 1. The van der Waals surface area contributed by atoms with Crippen LogP contribution in [0.1, 0.15) is 30.9 Å². The first-order chi connectivity index (χ1) is 9.30. The average molecular weight is 252 g/mol. The molecule has 2 fully saturated rings. The van der Waals surface area contributed by atoms with Crippen molar-refractivity contribution in [3.8, 4) is 11.3 Å². The highest BCUT2D eigenvalue weighted by molar-refractivity contribution is 5.69. The Balaban J connectivity index is 1.71. The Bertz CT molecular complexity index is 671. The van der Waals surface area contributed by atoms with E-state index >= 15 is 0 Å². The molecule has 1 aromatic carbocycles. The second-order valence-corrected chi connectivity index (χ2v) is 6.38. The van der Waals surface area contributed by atoms with Gasteiger partial charge in [-0.2, -0.15) is 0 Å². The molecule has 19 heavy (non-hydrogen) atoms. The fourth-order valence-electron chi connectivity index (χ4n) is 4.41. The Labute approximate surface area is 111 Å². The molecule has 3 nitrogen and oxygen atoms in total. The van der Waals surface area contributed by atoms with Crippen molar-refractivity contribution in [3.63, 3.8) is 0 Å². The maximum absolute atomic E-state index is 10.3. The first-order valence-corrected chi connectivity index (χ1v) is 7.09. The second-order valence-electron chi connectivity index (χ2n) is 6.38. The molecule has 0 amide bonds. The van der Waals surface area contributed by atoms with Gasteiger partial charge in [0, 0.05) is 11.5 Å². The molecule has 3 aliphatic rings. The molecule has 96 valence electrons. The standard InChI is InChI=1S/C16H16N2O/c19-13-7-16(5-6-16)14(13)15-11-4-2-1-3-10(11)12-8-17-9-18(12)15/h1-4,8-9,13-15,19H,5-7H2/t13-,14+,15-/m0/s1. The van der Waals surface area contributed by atoms with E-state index in [9.17, 15) is 5.11 Å². The number of benzene rings is 1. The predicted octanol–water partition coefficient (Wildman–Crippen LogP) is 2.61. The highest BCUT2D eigenvalue weighted by Crippen LogP contribution is 2.69. The van der Waals surface area contributed by atoms with Gasteiger partial charge < -0.3 is 9.67 Å². The van der Waals surface area contributed by atoms with Gasteiger partial charge in [0.25, 0.3) is 0 Å². The van der Waals surface area contributed by atoms with E-state index in [1.54, 1.807) is 0 Å². The lowest BCUT2D eigenvalue weighted by Crippen LogP contribution is -2.47. The van der Waals surface area contributed by atoms with Gasteiger partial charge in [0.2, 0.25) is 0 Å². The molecule has 5 rings (SSSR count). The van der Waals surface area contributed by atoms with Crippen LogP contribution in [0, 0.1) is 11.3 Å². The summed E-state index contributed by atoms with van der Waals surface area (Å²) in [5.74, 6) is 0.379. The monoisotopic (exact) mass is 252 g/mol. The van der Waals surface area contributed by atoms with Crippen LogP contribution in [0.5, 0.6) is 0 Å². The summed E-state index contributed by atoms with van der Waals surface area (Å²) in [5, 5.41) is 10.3. The van der Waals surface area contributed by atoms with Gasteiger partial charge in [-0.1, -0.05) is 24.3 Å². The third kappa shape index (κ3) is 1.11. The van der Waals surface area contributed by atoms with Crippen molar-refractivity contribution >= 4 is 0 Å². The van der Waals surface area contributed by atoms with Crippen LogP contribution >= 0.6 is 0 Å². The SMILES string of the molecule is O[C@H]1CC2(CC2)[C@H]1[C@@H]1c2ccccc2-c2cncn21. The van der Waals surface area contributed by atoms with Crippen LogP contribution in [-0.2, 0) is 0 Å². The first-order valence-electron chi connectivity index (χ1n) is 7.09. The maximum atomic E-state index is 10.3. The van der Waals surface area contributed by atoms with Crippen molar-refractivity contribution in [2.75, 3.05) is 0 Å². The molecule has 2 saturated carbocycles. The number of nitrogens with zero attached hydrogens (tertiary/aromatic N) is 2. The molecule has 3 atom stereocenters.